The third-order valence-corrected chi connectivity index (χ3v) is 6.03. The molecule has 158 valence electrons. The van der Waals surface area contributed by atoms with Crippen molar-refractivity contribution in [1.82, 2.24) is 19.7 Å². The van der Waals surface area contributed by atoms with Gasteiger partial charge in [0.2, 0.25) is 0 Å². The van der Waals surface area contributed by atoms with E-state index in [0.717, 1.165) is 27.6 Å². The molecule has 0 aliphatic heterocycles. The zero-order chi connectivity index (χ0) is 22.2. The summed E-state index contributed by atoms with van der Waals surface area (Å²) in [6.45, 7) is 19.2. The fourth-order valence-corrected chi connectivity index (χ4v) is 4.87. The Hall–Kier alpha value is -2.53. The predicted octanol–water partition coefficient (Wildman–Crippen LogP) is 7.10. The first kappa shape index (κ1) is 22.2. The van der Waals surface area contributed by atoms with E-state index in [2.05, 4.69) is 77.8 Å². The minimum absolute atomic E-state index is 0.0325. The van der Waals surface area contributed by atoms with Gasteiger partial charge in [0.05, 0.1) is 26.5 Å². The fourth-order valence-electron chi connectivity index (χ4n) is 4.04. The monoisotopic (exact) mass is 420 g/mol. The lowest BCUT2D eigenvalue weighted by Crippen LogP contribution is -2.15. The molecule has 4 aromatic rings. The van der Waals surface area contributed by atoms with Crippen molar-refractivity contribution in [1.29, 1.82) is 0 Å². The summed E-state index contributed by atoms with van der Waals surface area (Å²) in [6.07, 6.45) is 1.65. The summed E-state index contributed by atoms with van der Waals surface area (Å²) in [5, 5.41) is 5.70. The zero-order valence-electron chi connectivity index (χ0n) is 19.6. The molecule has 2 aromatic carbocycles. The van der Waals surface area contributed by atoms with E-state index in [1.807, 2.05) is 18.5 Å². The van der Waals surface area contributed by atoms with E-state index in [4.69, 9.17) is 9.97 Å². The first-order valence-electron chi connectivity index (χ1n) is 10.6. The molecule has 0 atom stereocenters. The number of benzene rings is 2. The quantitative estimate of drug-likeness (QED) is 0.347. The summed E-state index contributed by atoms with van der Waals surface area (Å²) in [5.41, 5.74) is 8.07. The maximum Gasteiger partial charge on any atom is 0.165 e. The molecular formula is C25H32N4S. The first-order chi connectivity index (χ1) is 14.2. The van der Waals surface area contributed by atoms with Gasteiger partial charge in [0.15, 0.2) is 5.82 Å². The molecule has 0 aliphatic carbocycles. The van der Waals surface area contributed by atoms with Crippen molar-refractivity contribution in [3.63, 3.8) is 0 Å². The third kappa shape index (κ3) is 3.91. The van der Waals surface area contributed by atoms with E-state index in [-0.39, 0.29) is 5.41 Å². The van der Waals surface area contributed by atoms with Crippen LogP contribution in [0.3, 0.4) is 0 Å². The summed E-state index contributed by atoms with van der Waals surface area (Å²) in [5.74, 6) is 0.857. The number of aryl methyl sites for hydroxylation is 4. The molecule has 0 aliphatic rings. The molecule has 0 bridgehead atoms. The molecule has 0 radical (unpaired) electrons. The van der Waals surface area contributed by atoms with Crippen molar-refractivity contribution < 1.29 is 0 Å². The van der Waals surface area contributed by atoms with E-state index in [9.17, 15) is 0 Å². The van der Waals surface area contributed by atoms with Gasteiger partial charge in [-0.25, -0.2) is 14.6 Å². The number of hydrogen-bond donors (Lipinski definition) is 0. The van der Waals surface area contributed by atoms with Crippen LogP contribution in [0.15, 0.2) is 30.6 Å². The lowest BCUT2D eigenvalue weighted by Gasteiger charge is -2.23. The SMILES string of the molecule is CC.Cc1cc(C)c(-n2ncnc2-c2c(C(C)(C)C)ccc3sc(C)nc23)c(C)c1. The molecule has 4 nitrogen and oxygen atoms in total. The highest BCUT2D eigenvalue weighted by molar-refractivity contribution is 7.18. The Morgan fingerprint density at radius 1 is 0.933 bits per heavy atom. The van der Waals surface area contributed by atoms with Gasteiger partial charge in [-0.2, -0.15) is 5.10 Å². The van der Waals surface area contributed by atoms with Crippen molar-refractivity contribution in [3.8, 4) is 17.1 Å². The Labute approximate surface area is 184 Å². The number of rotatable bonds is 2. The van der Waals surface area contributed by atoms with Crippen molar-refractivity contribution in [2.75, 3.05) is 0 Å². The molecule has 5 heteroatoms. The second-order valence-electron chi connectivity index (χ2n) is 8.56. The summed E-state index contributed by atoms with van der Waals surface area (Å²) >= 11 is 1.72. The summed E-state index contributed by atoms with van der Waals surface area (Å²) in [4.78, 5) is 9.59. The number of hydrogen-bond acceptors (Lipinski definition) is 4. The Balaban J connectivity index is 0.00000124. The fraction of sp³-hybridized carbons (Fsp3) is 0.400. The van der Waals surface area contributed by atoms with Crippen LogP contribution in [0.4, 0.5) is 0 Å². The third-order valence-electron chi connectivity index (χ3n) is 5.09. The van der Waals surface area contributed by atoms with E-state index >= 15 is 0 Å². The summed E-state index contributed by atoms with van der Waals surface area (Å²) < 4.78 is 3.18. The van der Waals surface area contributed by atoms with Gasteiger partial charge in [-0.1, -0.05) is 58.4 Å². The Morgan fingerprint density at radius 3 is 2.17 bits per heavy atom. The highest BCUT2D eigenvalue weighted by Gasteiger charge is 2.26. The van der Waals surface area contributed by atoms with Gasteiger partial charge in [0.25, 0.3) is 0 Å². The molecular weight excluding hydrogens is 388 g/mol. The predicted molar refractivity (Wildman–Crippen MR) is 129 cm³/mol. The molecule has 2 aromatic heterocycles. The van der Waals surface area contributed by atoms with Crippen molar-refractivity contribution >= 4 is 21.6 Å². The van der Waals surface area contributed by atoms with Crippen LogP contribution >= 0.6 is 11.3 Å². The van der Waals surface area contributed by atoms with Crippen LogP contribution in [0.1, 0.15) is 61.9 Å². The molecule has 0 saturated carbocycles. The van der Waals surface area contributed by atoms with Crippen LogP contribution in [0, 0.1) is 27.7 Å². The van der Waals surface area contributed by atoms with Crippen LogP contribution in [0.25, 0.3) is 27.3 Å². The van der Waals surface area contributed by atoms with Gasteiger partial charge in [-0.05, 0) is 55.9 Å². The van der Waals surface area contributed by atoms with Gasteiger partial charge in [-0.3, -0.25) is 0 Å². The number of nitrogens with zero attached hydrogens (tertiary/aromatic N) is 4. The van der Waals surface area contributed by atoms with Gasteiger partial charge in [0, 0.05) is 0 Å². The Bertz CT molecular complexity index is 1170. The number of fused-ring (bicyclic) bond motifs is 1. The molecule has 0 amide bonds. The smallest absolute Gasteiger partial charge is 0.165 e. The molecule has 0 spiro atoms. The van der Waals surface area contributed by atoms with Gasteiger partial charge in [-0.15, -0.1) is 11.3 Å². The van der Waals surface area contributed by atoms with Crippen LogP contribution in [0.2, 0.25) is 0 Å². The van der Waals surface area contributed by atoms with E-state index in [0.29, 0.717) is 0 Å². The number of thiazole rings is 1. The number of aromatic nitrogens is 4. The maximum atomic E-state index is 4.87. The standard InChI is InChI=1S/C23H26N4S.C2H6/c1-13-10-14(2)21(15(3)11-13)27-22(24-12-25-27)19-17(23(5,6)7)8-9-18-20(19)26-16(4)28-18;1-2/h8-12H,1-7H3;1-2H3. The first-order valence-corrected chi connectivity index (χ1v) is 11.4. The zero-order valence-corrected chi connectivity index (χ0v) is 20.4. The average molecular weight is 421 g/mol. The van der Waals surface area contributed by atoms with E-state index in [1.54, 1.807) is 17.7 Å². The lowest BCUT2D eigenvalue weighted by atomic mass is 9.83. The minimum Gasteiger partial charge on any atom is -0.241 e. The van der Waals surface area contributed by atoms with Crippen molar-refractivity contribution in [3.05, 3.63) is 57.9 Å². The van der Waals surface area contributed by atoms with Gasteiger partial charge in [0.1, 0.15) is 6.33 Å². The molecule has 0 unspecified atom stereocenters. The van der Waals surface area contributed by atoms with Crippen molar-refractivity contribution in [2.24, 2.45) is 0 Å². The molecule has 0 saturated heterocycles. The topological polar surface area (TPSA) is 43.6 Å². The van der Waals surface area contributed by atoms with Crippen LogP contribution in [-0.2, 0) is 5.41 Å². The summed E-state index contributed by atoms with van der Waals surface area (Å²) in [7, 11) is 0. The second-order valence-corrected chi connectivity index (χ2v) is 9.80. The maximum absolute atomic E-state index is 4.87. The summed E-state index contributed by atoms with van der Waals surface area (Å²) in [6, 6.07) is 8.81. The minimum atomic E-state index is -0.0325. The lowest BCUT2D eigenvalue weighted by molar-refractivity contribution is 0.591. The molecule has 0 N–H and O–H groups in total. The van der Waals surface area contributed by atoms with Crippen LogP contribution in [0.5, 0.6) is 0 Å². The Kier molecular flexibility index (Phi) is 6.14. The van der Waals surface area contributed by atoms with Gasteiger partial charge >= 0.3 is 0 Å². The van der Waals surface area contributed by atoms with Crippen molar-refractivity contribution in [2.45, 2.75) is 67.7 Å². The molecule has 4 rings (SSSR count). The largest absolute Gasteiger partial charge is 0.241 e. The normalized spacial score (nSPS) is 11.5. The second kappa shape index (κ2) is 8.31. The Morgan fingerprint density at radius 2 is 1.57 bits per heavy atom. The van der Waals surface area contributed by atoms with Crippen LogP contribution < -0.4 is 0 Å². The molecule has 2 heterocycles. The molecule has 0 fully saturated rings. The van der Waals surface area contributed by atoms with Crippen LogP contribution in [-0.4, -0.2) is 19.7 Å². The highest BCUT2D eigenvalue weighted by atomic mass is 32.1. The highest BCUT2D eigenvalue weighted by Crippen LogP contribution is 2.40. The van der Waals surface area contributed by atoms with E-state index in [1.165, 1.54) is 27.0 Å². The van der Waals surface area contributed by atoms with E-state index < -0.39 is 0 Å². The average Bonchev–Trinajstić information content (AvgIpc) is 3.26. The molecule has 30 heavy (non-hydrogen) atoms. The van der Waals surface area contributed by atoms with Gasteiger partial charge < -0.3 is 0 Å².